The number of benzene rings is 1. The first-order valence-electron chi connectivity index (χ1n) is 11.6. The minimum atomic E-state index is -4.36. The summed E-state index contributed by atoms with van der Waals surface area (Å²) in [4.78, 5) is -0.0454. The summed E-state index contributed by atoms with van der Waals surface area (Å²) < 4.78 is 33.8. The Morgan fingerprint density at radius 2 is 1.03 bits per heavy atom. The molecule has 0 aliphatic rings. The molecule has 0 spiro atoms. The van der Waals surface area contributed by atoms with Crippen LogP contribution in [0.25, 0.3) is 0 Å². The number of rotatable bonds is 18. The van der Waals surface area contributed by atoms with Gasteiger partial charge >= 0.3 is 29.6 Å². The summed E-state index contributed by atoms with van der Waals surface area (Å²) in [5, 5.41) is 0. The molecule has 0 amide bonds. The van der Waals surface area contributed by atoms with Crippen molar-refractivity contribution in [3.63, 3.8) is 0 Å². The van der Waals surface area contributed by atoms with E-state index < -0.39 is 10.1 Å². The predicted octanol–water partition coefficient (Wildman–Crippen LogP) is 4.40. The standard InChI is InChI=1S/C24H42O3S.Na/c1-2-3-4-5-6-7-8-9-10-11-12-13-14-15-16-17-20-23-21-18-19-22-24(23)28(25,26)27;/h18-19,21-22H,2-17,20H2,1H3,(H,25,26,27);/q;+1/p-1. The van der Waals surface area contributed by atoms with Crippen molar-refractivity contribution in [2.24, 2.45) is 0 Å². The third kappa shape index (κ3) is 15.6. The normalized spacial score (nSPS) is 11.4. The Bertz CT molecular complexity index is 602. The van der Waals surface area contributed by atoms with Crippen molar-refractivity contribution in [2.75, 3.05) is 0 Å². The monoisotopic (exact) mass is 432 g/mol. The number of unbranched alkanes of at least 4 members (excludes halogenated alkanes) is 15. The van der Waals surface area contributed by atoms with E-state index in [-0.39, 0.29) is 34.5 Å². The van der Waals surface area contributed by atoms with Crippen molar-refractivity contribution in [3.8, 4) is 0 Å². The van der Waals surface area contributed by atoms with Crippen LogP contribution in [0.1, 0.15) is 115 Å². The van der Waals surface area contributed by atoms with E-state index in [1.165, 1.54) is 96.0 Å². The summed E-state index contributed by atoms with van der Waals surface area (Å²) in [5.41, 5.74) is 0.669. The summed E-state index contributed by atoms with van der Waals surface area (Å²) in [6.07, 6.45) is 21.8. The van der Waals surface area contributed by atoms with Gasteiger partial charge in [0.15, 0.2) is 0 Å². The molecule has 0 unspecified atom stereocenters. The smallest absolute Gasteiger partial charge is 0.744 e. The van der Waals surface area contributed by atoms with E-state index in [2.05, 4.69) is 6.92 Å². The molecule has 0 heterocycles. The second kappa shape index (κ2) is 18.9. The van der Waals surface area contributed by atoms with Gasteiger partial charge < -0.3 is 4.55 Å². The maximum atomic E-state index is 11.3. The zero-order valence-corrected chi connectivity index (χ0v) is 21.8. The van der Waals surface area contributed by atoms with Gasteiger partial charge in [-0.3, -0.25) is 0 Å². The van der Waals surface area contributed by atoms with Crippen LogP contribution in [-0.4, -0.2) is 13.0 Å². The van der Waals surface area contributed by atoms with Crippen LogP contribution in [-0.2, 0) is 16.5 Å². The van der Waals surface area contributed by atoms with Crippen LogP contribution in [0.5, 0.6) is 0 Å². The average molecular weight is 433 g/mol. The summed E-state index contributed by atoms with van der Waals surface area (Å²) in [5.74, 6) is 0. The van der Waals surface area contributed by atoms with Crippen LogP contribution < -0.4 is 29.6 Å². The van der Waals surface area contributed by atoms with Crippen LogP contribution in [0.15, 0.2) is 29.2 Å². The van der Waals surface area contributed by atoms with E-state index in [0.29, 0.717) is 12.0 Å². The fraction of sp³-hybridized carbons (Fsp3) is 0.750. The van der Waals surface area contributed by atoms with E-state index in [9.17, 15) is 13.0 Å². The molecule has 29 heavy (non-hydrogen) atoms. The van der Waals surface area contributed by atoms with Crippen LogP contribution in [0, 0.1) is 0 Å². The van der Waals surface area contributed by atoms with E-state index in [1.807, 2.05) is 0 Å². The SMILES string of the molecule is CCCCCCCCCCCCCCCCCCc1ccccc1S(=O)(=O)[O-].[Na+]. The molecule has 0 N–H and O–H groups in total. The van der Waals surface area contributed by atoms with Gasteiger partial charge in [-0.15, -0.1) is 0 Å². The molecule has 1 rings (SSSR count). The summed E-state index contributed by atoms with van der Waals surface area (Å²) in [7, 11) is -4.36. The quantitative estimate of drug-likeness (QED) is 0.196. The Kier molecular flexibility index (Phi) is 18.9. The summed E-state index contributed by atoms with van der Waals surface area (Å²) >= 11 is 0. The Morgan fingerprint density at radius 3 is 1.45 bits per heavy atom. The van der Waals surface area contributed by atoms with Crippen LogP contribution in [0.4, 0.5) is 0 Å². The summed E-state index contributed by atoms with van der Waals surface area (Å²) in [6, 6.07) is 6.60. The average Bonchev–Trinajstić information content (AvgIpc) is 2.67. The molecule has 0 aliphatic carbocycles. The van der Waals surface area contributed by atoms with E-state index in [4.69, 9.17) is 0 Å². The molecule has 0 saturated carbocycles. The molecule has 0 radical (unpaired) electrons. The van der Waals surface area contributed by atoms with Crippen molar-refractivity contribution in [2.45, 2.75) is 121 Å². The molecule has 0 aromatic heterocycles. The topological polar surface area (TPSA) is 57.2 Å². The van der Waals surface area contributed by atoms with Crippen molar-refractivity contribution < 1.29 is 42.5 Å². The Morgan fingerprint density at radius 1 is 0.655 bits per heavy atom. The second-order valence-electron chi connectivity index (χ2n) is 8.12. The summed E-state index contributed by atoms with van der Waals surface area (Å²) in [6.45, 7) is 2.27. The minimum absolute atomic E-state index is 0. The third-order valence-electron chi connectivity index (χ3n) is 5.54. The van der Waals surface area contributed by atoms with Crippen molar-refractivity contribution in [3.05, 3.63) is 29.8 Å². The van der Waals surface area contributed by atoms with Crippen LogP contribution in [0.3, 0.4) is 0 Å². The molecule has 0 atom stereocenters. The minimum Gasteiger partial charge on any atom is -0.744 e. The van der Waals surface area contributed by atoms with Gasteiger partial charge in [-0.2, -0.15) is 0 Å². The molecular weight excluding hydrogens is 391 g/mol. The van der Waals surface area contributed by atoms with Gasteiger partial charge in [0.1, 0.15) is 10.1 Å². The number of aryl methyl sites for hydroxylation is 1. The molecule has 1 aromatic rings. The van der Waals surface area contributed by atoms with E-state index in [1.54, 1.807) is 18.2 Å². The third-order valence-corrected chi connectivity index (χ3v) is 6.48. The van der Waals surface area contributed by atoms with Crippen molar-refractivity contribution in [1.29, 1.82) is 0 Å². The van der Waals surface area contributed by atoms with Crippen LogP contribution >= 0.6 is 0 Å². The molecule has 0 aliphatic heterocycles. The van der Waals surface area contributed by atoms with Crippen LogP contribution in [0.2, 0.25) is 0 Å². The maximum Gasteiger partial charge on any atom is 1.00 e. The second-order valence-corrected chi connectivity index (χ2v) is 9.46. The Labute approximate surface area is 202 Å². The molecule has 0 bridgehead atoms. The molecule has 0 fully saturated rings. The molecule has 162 valence electrons. The van der Waals surface area contributed by atoms with Gasteiger partial charge in [-0.1, -0.05) is 121 Å². The van der Waals surface area contributed by atoms with Gasteiger partial charge in [0.05, 0.1) is 4.90 Å². The Balaban J connectivity index is 0.00000784. The fourth-order valence-corrected chi connectivity index (χ4v) is 4.55. The van der Waals surface area contributed by atoms with Gasteiger partial charge in [-0.25, -0.2) is 8.42 Å². The molecule has 3 nitrogen and oxygen atoms in total. The van der Waals surface area contributed by atoms with Gasteiger partial charge in [-0.05, 0) is 24.5 Å². The number of hydrogen-bond donors (Lipinski definition) is 0. The zero-order valence-electron chi connectivity index (χ0n) is 19.0. The molecule has 5 heteroatoms. The van der Waals surface area contributed by atoms with Crippen molar-refractivity contribution in [1.82, 2.24) is 0 Å². The van der Waals surface area contributed by atoms with E-state index >= 15 is 0 Å². The first-order valence-corrected chi connectivity index (χ1v) is 13.0. The Hall–Kier alpha value is 0.130. The largest absolute Gasteiger partial charge is 1.00 e. The fourth-order valence-electron chi connectivity index (χ4n) is 3.82. The van der Waals surface area contributed by atoms with Gasteiger partial charge in [0.2, 0.25) is 0 Å². The van der Waals surface area contributed by atoms with Gasteiger partial charge in [0, 0.05) is 0 Å². The van der Waals surface area contributed by atoms with Gasteiger partial charge in [0.25, 0.3) is 0 Å². The van der Waals surface area contributed by atoms with E-state index in [0.717, 1.165) is 12.8 Å². The molecular formula is C24H41NaO3S. The number of hydrogen-bond acceptors (Lipinski definition) is 3. The first kappa shape index (κ1) is 29.1. The molecule has 0 saturated heterocycles. The first-order chi connectivity index (χ1) is 13.6. The predicted molar refractivity (Wildman–Crippen MR) is 118 cm³/mol. The van der Waals surface area contributed by atoms with Crippen molar-refractivity contribution >= 4 is 10.1 Å². The zero-order chi connectivity index (χ0) is 20.5. The maximum absolute atomic E-state index is 11.3. The molecule has 1 aromatic carbocycles.